The van der Waals surface area contributed by atoms with Gasteiger partial charge in [-0.25, -0.2) is 5.84 Å². The minimum absolute atomic E-state index is 0.261. The van der Waals surface area contributed by atoms with Crippen molar-refractivity contribution >= 4 is 5.96 Å². The van der Waals surface area contributed by atoms with Crippen LogP contribution in [0.5, 0.6) is 0 Å². The Bertz CT molecular complexity index is 108. The van der Waals surface area contributed by atoms with Crippen LogP contribution in [0.15, 0.2) is 17.6 Å². The number of guanidine groups is 1. The van der Waals surface area contributed by atoms with Crippen LogP contribution in [-0.2, 0) is 0 Å². The fourth-order valence-electron chi connectivity index (χ4n) is 0.322. The molecule has 0 aliphatic carbocycles. The van der Waals surface area contributed by atoms with Gasteiger partial charge < -0.3 is 5.73 Å². The van der Waals surface area contributed by atoms with Gasteiger partial charge in [-0.3, -0.25) is 10.4 Å². The predicted molar refractivity (Wildman–Crippen MR) is 38.6 cm³/mol. The van der Waals surface area contributed by atoms with Gasteiger partial charge in [-0.2, -0.15) is 0 Å². The Morgan fingerprint density at radius 2 is 2.44 bits per heavy atom. The summed E-state index contributed by atoms with van der Waals surface area (Å²) in [5.41, 5.74) is 7.41. The van der Waals surface area contributed by atoms with Crippen molar-refractivity contribution in [2.45, 2.75) is 6.42 Å². The second kappa shape index (κ2) is 5.11. The minimum Gasteiger partial charge on any atom is -0.369 e. The van der Waals surface area contributed by atoms with E-state index in [-0.39, 0.29) is 5.96 Å². The van der Waals surface area contributed by atoms with Gasteiger partial charge in [0.15, 0.2) is 0 Å². The third-order valence-electron chi connectivity index (χ3n) is 0.763. The summed E-state index contributed by atoms with van der Waals surface area (Å²) in [6.45, 7) is 4.16. The fourth-order valence-corrected chi connectivity index (χ4v) is 0.322. The molecule has 9 heavy (non-hydrogen) atoms. The highest BCUT2D eigenvalue weighted by Gasteiger charge is 1.81. The lowest BCUT2D eigenvalue weighted by molar-refractivity contribution is 0.942. The first-order chi connectivity index (χ1) is 4.31. The lowest BCUT2D eigenvalue weighted by Crippen LogP contribution is -2.37. The van der Waals surface area contributed by atoms with Gasteiger partial charge in [0, 0.05) is 6.54 Å². The van der Waals surface area contributed by atoms with Crippen LogP contribution in [0.3, 0.4) is 0 Å². The molecule has 4 nitrogen and oxygen atoms in total. The van der Waals surface area contributed by atoms with Gasteiger partial charge in [0.25, 0.3) is 0 Å². The third kappa shape index (κ3) is 4.83. The highest BCUT2D eigenvalue weighted by molar-refractivity contribution is 5.77. The van der Waals surface area contributed by atoms with Crippen LogP contribution < -0.4 is 17.0 Å². The zero-order chi connectivity index (χ0) is 7.11. The van der Waals surface area contributed by atoms with E-state index in [0.29, 0.717) is 6.54 Å². The molecule has 52 valence electrons. The topological polar surface area (TPSA) is 76.4 Å². The van der Waals surface area contributed by atoms with Crippen LogP contribution in [-0.4, -0.2) is 12.5 Å². The highest BCUT2D eigenvalue weighted by Crippen LogP contribution is 1.78. The molecule has 0 aromatic carbocycles. The molecule has 0 radical (unpaired) electrons. The maximum absolute atomic E-state index is 5.19. The van der Waals surface area contributed by atoms with Crippen LogP contribution >= 0.6 is 0 Å². The molecule has 0 bridgehead atoms. The molecule has 0 aliphatic heterocycles. The van der Waals surface area contributed by atoms with Crippen molar-refractivity contribution in [1.82, 2.24) is 5.43 Å². The zero-order valence-electron chi connectivity index (χ0n) is 5.30. The van der Waals surface area contributed by atoms with E-state index in [1.807, 2.05) is 0 Å². The number of nitrogens with two attached hydrogens (primary N) is 2. The number of hydrogen-bond donors (Lipinski definition) is 3. The van der Waals surface area contributed by atoms with Crippen molar-refractivity contribution in [1.29, 1.82) is 0 Å². The molecule has 0 aromatic heterocycles. The first-order valence-corrected chi connectivity index (χ1v) is 2.68. The molecule has 0 saturated carbocycles. The molecule has 0 heterocycles. The first-order valence-electron chi connectivity index (χ1n) is 2.68. The highest BCUT2D eigenvalue weighted by atomic mass is 15.3. The lowest BCUT2D eigenvalue weighted by atomic mass is 10.4. The molecule has 0 saturated heterocycles. The largest absolute Gasteiger partial charge is 0.369 e. The number of rotatable bonds is 3. The quantitative estimate of drug-likeness (QED) is 0.118. The van der Waals surface area contributed by atoms with Gasteiger partial charge in [-0.05, 0) is 6.42 Å². The molecular weight excluding hydrogens is 116 g/mol. The summed E-state index contributed by atoms with van der Waals surface area (Å²) in [6.07, 6.45) is 2.59. The van der Waals surface area contributed by atoms with E-state index in [0.717, 1.165) is 6.42 Å². The van der Waals surface area contributed by atoms with Gasteiger partial charge in [-0.1, -0.05) is 6.08 Å². The van der Waals surface area contributed by atoms with E-state index in [9.17, 15) is 0 Å². The van der Waals surface area contributed by atoms with Crippen LogP contribution in [0.25, 0.3) is 0 Å². The SMILES string of the molecule is C=CCCN=C(N)NN. The maximum atomic E-state index is 5.19. The summed E-state index contributed by atoms with van der Waals surface area (Å²) >= 11 is 0. The van der Waals surface area contributed by atoms with Crippen LogP contribution in [0.4, 0.5) is 0 Å². The minimum atomic E-state index is 0.261. The predicted octanol–water partition coefficient (Wildman–Crippen LogP) is -0.659. The van der Waals surface area contributed by atoms with Crippen LogP contribution in [0, 0.1) is 0 Å². The summed E-state index contributed by atoms with van der Waals surface area (Å²) in [7, 11) is 0. The molecule has 4 heteroatoms. The molecule has 0 spiro atoms. The number of nitrogens with one attached hydrogen (secondary N) is 1. The number of hydrazine groups is 1. The summed E-state index contributed by atoms with van der Waals surface area (Å²) in [5, 5.41) is 0. The second-order valence-electron chi connectivity index (χ2n) is 1.49. The van der Waals surface area contributed by atoms with Crippen molar-refractivity contribution in [3.63, 3.8) is 0 Å². The van der Waals surface area contributed by atoms with Gasteiger partial charge in [-0.15, -0.1) is 6.58 Å². The van der Waals surface area contributed by atoms with Crippen molar-refractivity contribution in [3.8, 4) is 0 Å². The van der Waals surface area contributed by atoms with Gasteiger partial charge in [0.1, 0.15) is 0 Å². The Balaban J connectivity index is 3.31. The average molecular weight is 128 g/mol. The van der Waals surface area contributed by atoms with Gasteiger partial charge >= 0.3 is 0 Å². The normalized spacial score (nSPS) is 11.0. The maximum Gasteiger partial charge on any atom is 0.203 e. The Morgan fingerprint density at radius 1 is 1.78 bits per heavy atom. The zero-order valence-corrected chi connectivity index (χ0v) is 5.30. The van der Waals surface area contributed by atoms with E-state index in [2.05, 4.69) is 17.0 Å². The van der Waals surface area contributed by atoms with Crippen LogP contribution in [0.2, 0.25) is 0 Å². The summed E-state index contributed by atoms with van der Waals surface area (Å²) in [5.74, 6) is 5.18. The number of nitrogens with zero attached hydrogens (tertiary/aromatic N) is 1. The monoisotopic (exact) mass is 128 g/mol. The molecule has 0 fully saturated rings. The third-order valence-corrected chi connectivity index (χ3v) is 0.763. The molecule has 0 unspecified atom stereocenters. The molecule has 0 aliphatic rings. The van der Waals surface area contributed by atoms with E-state index < -0.39 is 0 Å². The Hall–Kier alpha value is -1.03. The molecule has 0 amide bonds. The second-order valence-corrected chi connectivity index (χ2v) is 1.49. The van der Waals surface area contributed by atoms with E-state index >= 15 is 0 Å². The van der Waals surface area contributed by atoms with Crippen molar-refractivity contribution in [3.05, 3.63) is 12.7 Å². The van der Waals surface area contributed by atoms with Crippen molar-refractivity contribution < 1.29 is 0 Å². The Labute approximate surface area is 54.6 Å². The smallest absolute Gasteiger partial charge is 0.203 e. The molecular formula is C5H12N4. The summed E-state index contributed by atoms with van der Waals surface area (Å²) in [4.78, 5) is 3.82. The fraction of sp³-hybridized carbons (Fsp3) is 0.400. The first kappa shape index (κ1) is 7.97. The van der Waals surface area contributed by atoms with E-state index in [1.54, 1.807) is 6.08 Å². The summed E-state index contributed by atoms with van der Waals surface area (Å²) in [6, 6.07) is 0. The molecule has 0 aromatic rings. The standard InChI is InChI=1S/C5H12N4/c1-2-3-4-8-5(6)9-7/h2H,1,3-4,7H2,(H3,6,8,9). The molecule has 5 N–H and O–H groups in total. The van der Waals surface area contributed by atoms with Gasteiger partial charge in [0.05, 0.1) is 0 Å². The van der Waals surface area contributed by atoms with E-state index in [1.165, 1.54) is 0 Å². The lowest BCUT2D eigenvalue weighted by Gasteiger charge is -1.94. The van der Waals surface area contributed by atoms with Crippen molar-refractivity contribution in [2.75, 3.05) is 6.54 Å². The Morgan fingerprint density at radius 3 is 2.89 bits per heavy atom. The number of aliphatic imine (C=N–C) groups is 1. The van der Waals surface area contributed by atoms with Crippen molar-refractivity contribution in [2.24, 2.45) is 16.6 Å². The average Bonchev–Trinajstić information content (AvgIpc) is 1.89. The Kier molecular flexibility index (Phi) is 4.53. The van der Waals surface area contributed by atoms with Gasteiger partial charge in [0.2, 0.25) is 5.96 Å². The molecule has 0 rings (SSSR count). The molecule has 0 atom stereocenters. The number of hydrogen-bond acceptors (Lipinski definition) is 2. The summed E-state index contributed by atoms with van der Waals surface area (Å²) < 4.78 is 0. The van der Waals surface area contributed by atoms with E-state index in [4.69, 9.17) is 11.6 Å². The van der Waals surface area contributed by atoms with Crippen LogP contribution in [0.1, 0.15) is 6.42 Å².